The highest BCUT2D eigenvalue weighted by Gasteiger charge is 2.58. The van der Waals surface area contributed by atoms with Crippen LogP contribution in [0.5, 0.6) is 0 Å². The van der Waals surface area contributed by atoms with Crippen LogP contribution >= 0.6 is 15.9 Å². The zero-order valence-corrected chi connectivity index (χ0v) is 19.0. The van der Waals surface area contributed by atoms with E-state index in [2.05, 4.69) is 15.9 Å². The first-order valence-corrected chi connectivity index (χ1v) is 10.2. The first-order valence-electron chi connectivity index (χ1n) is 9.36. The molecule has 27 heavy (non-hydrogen) atoms. The summed E-state index contributed by atoms with van der Waals surface area (Å²) in [4.78, 5) is 0. The monoisotopic (exact) mass is 438 g/mol. The SMILES string of the molecule is CC1(C)OB(OC(B2OC(C)(C)C(C)(C)O2)c2ccc(Br)cc2)OC1(C)C. The van der Waals surface area contributed by atoms with Gasteiger partial charge in [-0.05, 0) is 73.1 Å². The van der Waals surface area contributed by atoms with Gasteiger partial charge in [0.15, 0.2) is 0 Å². The summed E-state index contributed by atoms with van der Waals surface area (Å²) in [6.45, 7) is 16.1. The summed E-state index contributed by atoms with van der Waals surface area (Å²) in [7, 11) is -1.38. The van der Waals surface area contributed by atoms with Gasteiger partial charge in [-0.25, -0.2) is 0 Å². The lowest BCUT2D eigenvalue weighted by molar-refractivity contribution is 0.00578. The molecule has 0 N–H and O–H groups in total. The quantitative estimate of drug-likeness (QED) is 0.636. The topological polar surface area (TPSA) is 46.2 Å². The molecule has 2 aliphatic rings. The van der Waals surface area contributed by atoms with Crippen LogP contribution in [0.1, 0.15) is 67.0 Å². The van der Waals surface area contributed by atoms with Crippen molar-refractivity contribution in [3.63, 3.8) is 0 Å². The van der Waals surface area contributed by atoms with Crippen molar-refractivity contribution >= 4 is 30.4 Å². The smallest absolute Gasteiger partial charge is 0.401 e. The Balaban J connectivity index is 1.87. The van der Waals surface area contributed by atoms with E-state index < -0.39 is 42.8 Å². The molecule has 0 spiro atoms. The maximum absolute atomic E-state index is 6.27. The molecule has 2 saturated heterocycles. The van der Waals surface area contributed by atoms with Crippen LogP contribution < -0.4 is 0 Å². The van der Waals surface area contributed by atoms with Crippen LogP contribution in [0.3, 0.4) is 0 Å². The second-order valence-corrected chi connectivity index (χ2v) is 10.2. The minimum atomic E-state index is -0.803. The average molecular weight is 439 g/mol. The van der Waals surface area contributed by atoms with Gasteiger partial charge in [-0.1, -0.05) is 28.1 Å². The summed E-state index contributed by atoms with van der Waals surface area (Å²) < 4.78 is 31.9. The highest BCUT2D eigenvalue weighted by molar-refractivity contribution is 9.10. The first kappa shape index (κ1) is 21.3. The molecule has 1 aromatic rings. The third kappa shape index (κ3) is 4.02. The number of benzene rings is 1. The molecule has 2 fully saturated rings. The molecule has 0 amide bonds. The predicted octanol–water partition coefficient (Wildman–Crippen LogP) is 4.73. The molecule has 8 heteroatoms. The van der Waals surface area contributed by atoms with Crippen LogP contribution in [-0.4, -0.2) is 36.8 Å². The van der Waals surface area contributed by atoms with Crippen LogP contribution in [-0.2, 0) is 23.3 Å². The lowest BCUT2D eigenvalue weighted by Gasteiger charge is -2.32. The van der Waals surface area contributed by atoms with Crippen LogP contribution in [0, 0.1) is 0 Å². The maximum Gasteiger partial charge on any atom is 0.640 e. The standard InChI is InChI=1S/C19H29B2BrO5/c1-16(2)17(3,4)25-20(24-16)15(13-9-11-14(22)12-10-13)23-21-26-18(5,6)19(7,8)27-21/h9-12,15H,1-8H3. The molecule has 0 saturated carbocycles. The molecule has 2 aliphatic heterocycles. The van der Waals surface area contributed by atoms with E-state index in [0.29, 0.717) is 0 Å². The maximum atomic E-state index is 6.27. The molecule has 3 rings (SSSR count). The molecule has 148 valence electrons. The van der Waals surface area contributed by atoms with E-state index in [0.717, 1.165) is 10.0 Å². The minimum absolute atomic E-state index is 0.454. The van der Waals surface area contributed by atoms with Gasteiger partial charge in [-0.15, -0.1) is 0 Å². The molecule has 0 aromatic heterocycles. The van der Waals surface area contributed by atoms with E-state index in [9.17, 15) is 0 Å². The van der Waals surface area contributed by atoms with Gasteiger partial charge in [0.05, 0.1) is 22.4 Å². The summed E-state index contributed by atoms with van der Waals surface area (Å²) in [5.74, 6) is 0. The van der Waals surface area contributed by atoms with E-state index >= 15 is 0 Å². The zero-order chi connectivity index (χ0) is 20.3. The summed E-state index contributed by atoms with van der Waals surface area (Å²) in [5.41, 5.74) is -0.920. The van der Waals surface area contributed by atoms with E-state index in [1.807, 2.05) is 79.7 Å². The summed E-state index contributed by atoms with van der Waals surface area (Å²) >= 11 is 3.48. The summed E-state index contributed by atoms with van der Waals surface area (Å²) in [5, 5.41) is 0. The molecule has 1 aromatic carbocycles. The molecule has 1 unspecified atom stereocenters. The van der Waals surface area contributed by atoms with Gasteiger partial charge in [0.1, 0.15) is 6.00 Å². The van der Waals surface area contributed by atoms with Crippen molar-refractivity contribution in [2.24, 2.45) is 0 Å². The number of hydrogen-bond donors (Lipinski definition) is 0. The summed E-state index contributed by atoms with van der Waals surface area (Å²) in [6, 6.07) is 7.44. The third-order valence-electron chi connectivity index (χ3n) is 6.21. The van der Waals surface area contributed by atoms with Crippen molar-refractivity contribution < 1.29 is 23.3 Å². The van der Waals surface area contributed by atoms with Gasteiger partial charge < -0.3 is 23.3 Å². The second-order valence-electron chi connectivity index (χ2n) is 9.28. The molecule has 0 radical (unpaired) electrons. The molecule has 0 bridgehead atoms. The Labute approximate surface area is 171 Å². The molecule has 1 atom stereocenters. The number of hydrogen-bond acceptors (Lipinski definition) is 5. The fraction of sp³-hybridized carbons (Fsp3) is 0.684. The molecule has 0 aliphatic carbocycles. The predicted molar refractivity (Wildman–Crippen MR) is 110 cm³/mol. The van der Waals surface area contributed by atoms with Gasteiger partial charge in [0.2, 0.25) is 0 Å². The van der Waals surface area contributed by atoms with Crippen LogP contribution in [0.25, 0.3) is 0 Å². The van der Waals surface area contributed by atoms with E-state index in [-0.39, 0.29) is 0 Å². The van der Waals surface area contributed by atoms with Crippen LogP contribution in [0.4, 0.5) is 0 Å². The van der Waals surface area contributed by atoms with Gasteiger partial charge in [0, 0.05) is 4.47 Å². The fourth-order valence-corrected chi connectivity index (χ4v) is 3.19. The summed E-state index contributed by atoms with van der Waals surface area (Å²) in [6.07, 6.45) is 0. The highest BCUT2D eigenvalue weighted by atomic mass is 79.9. The third-order valence-corrected chi connectivity index (χ3v) is 6.74. The second kappa shape index (κ2) is 6.85. The number of rotatable bonds is 4. The normalized spacial score (nSPS) is 26.4. The van der Waals surface area contributed by atoms with Gasteiger partial charge in [-0.2, -0.15) is 0 Å². The Morgan fingerprint density at radius 2 is 1.15 bits per heavy atom. The fourth-order valence-electron chi connectivity index (χ4n) is 2.93. The van der Waals surface area contributed by atoms with Crippen molar-refractivity contribution in [1.82, 2.24) is 0 Å². The molecular weight excluding hydrogens is 410 g/mol. The zero-order valence-electron chi connectivity index (χ0n) is 17.5. The van der Waals surface area contributed by atoms with E-state index in [1.165, 1.54) is 0 Å². The van der Waals surface area contributed by atoms with Crippen molar-refractivity contribution in [1.29, 1.82) is 0 Å². The Morgan fingerprint density at radius 3 is 1.59 bits per heavy atom. The van der Waals surface area contributed by atoms with Crippen molar-refractivity contribution in [2.45, 2.75) is 83.8 Å². The Kier molecular flexibility index (Phi) is 5.42. The number of halogens is 1. The van der Waals surface area contributed by atoms with Crippen molar-refractivity contribution in [2.75, 3.05) is 0 Å². The van der Waals surface area contributed by atoms with E-state index in [1.54, 1.807) is 0 Å². The molecule has 5 nitrogen and oxygen atoms in total. The van der Waals surface area contributed by atoms with Crippen LogP contribution in [0.2, 0.25) is 0 Å². The Morgan fingerprint density at radius 1 is 0.741 bits per heavy atom. The first-order chi connectivity index (χ1) is 12.2. The largest absolute Gasteiger partial charge is 0.640 e. The molecular formula is C19H29B2BrO5. The lowest BCUT2D eigenvalue weighted by Crippen LogP contribution is -2.41. The average Bonchev–Trinajstić information content (AvgIpc) is 2.85. The van der Waals surface area contributed by atoms with Gasteiger partial charge in [-0.3, -0.25) is 0 Å². The highest BCUT2D eigenvalue weighted by Crippen LogP contribution is 2.43. The minimum Gasteiger partial charge on any atom is -0.401 e. The molecule has 2 heterocycles. The lowest BCUT2D eigenvalue weighted by atomic mass is 9.76. The van der Waals surface area contributed by atoms with Gasteiger partial charge in [0.25, 0.3) is 0 Å². The van der Waals surface area contributed by atoms with Crippen molar-refractivity contribution in [3.8, 4) is 0 Å². The van der Waals surface area contributed by atoms with Gasteiger partial charge >= 0.3 is 14.4 Å². The Bertz CT molecular complexity index is 658. The van der Waals surface area contributed by atoms with E-state index in [4.69, 9.17) is 23.3 Å². The van der Waals surface area contributed by atoms with Crippen molar-refractivity contribution in [3.05, 3.63) is 34.3 Å². The van der Waals surface area contributed by atoms with Crippen LogP contribution in [0.15, 0.2) is 28.7 Å². The Hall–Kier alpha value is -0.370.